The fourth-order valence-electron chi connectivity index (χ4n) is 4.60. The third-order valence-electron chi connectivity index (χ3n) is 6.71. The van der Waals surface area contributed by atoms with Gasteiger partial charge in [-0.2, -0.15) is 4.98 Å². The summed E-state index contributed by atoms with van der Waals surface area (Å²) in [6, 6.07) is 15.3. The van der Waals surface area contributed by atoms with Gasteiger partial charge in [-0.1, -0.05) is 25.1 Å². The van der Waals surface area contributed by atoms with Crippen LogP contribution in [-0.2, 0) is 12.8 Å². The van der Waals surface area contributed by atoms with Gasteiger partial charge in [-0.05, 0) is 107 Å². The van der Waals surface area contributed by atoms with Crippen molar-refractivity contribution in [2.45, 2.75) is 52.9 Å². The van der Waals surface area contributed by atoms with Gasteiger partial charge in [0.2, 0.25) is 5.95 Å². The number of hydrogen-bond acceptors (Lipinski definition) is 5. The molecule has 1 N–H and O–H groups in total. The number of aromatic nitrogens is 2. The van der Waals surface area contributed by atoms with Crippen molar-refractivity contribution in [2.75, 3.05) is 36.9 Å². The second kappa shape index (κ2) is 10.8. The Morgan fingerprint density at radius 1 is 1.00 bits per heavy atom. The maximum absolute atomic E-state index is 4.84. The van der Waals surface area contributed by atoms with E-state index < -0.39 is 0 Å². The molecule has 174 valence electrons. The highest BCUT2D eigenvalue weighted by atomic mass is 15.2. The minimum atomic E-state index is 0.618. The van der Waals surface area contributed by atoms with Gasteiger partial charge < -0.3 is 15.1 Å². The van der Waals surface area contributed by atoms with Crippen LogP contribution in [0.15, 0.2) is 48.7 Å². The van der Waals surface area contributed by atoms with Crippen LogP contribution in [0.2, 0.25) is 0 Å². The average Bonchev–Trinajstić information content (AvgIpc) is 3.35. The molecule has 0 aliphatic carbocycles. The summed E-state index contributed by atoms with van der Waals surface area (Å²) in [5, 5.41) is 3.38. The summed E-state index contributed by atoms with van der Waals surface area (Å²) in [5.41, 5.74) is 7.29. The van der Waals surface area contributed by atoms with Crippen molar-refractivity contribution in [3.8, 4) is 0 Å². The lowest BCUT2D eigenvalue weighted by Gasteiger charge is -2.22. The standard InChI is InChI=1S/C28H37N5/c1-5-24-19-26(15-10-21(24)2)32(4)27-22(3)20-29-28(31-27)30-25-13-11-23(12-14-25)9-8-18-33-16-6-7-17-33/h10-15,19-20H,5-9,16-18H2,1-4H3,(H,29,30,31). The maximum Gasteiger partial charge on any atom is 0.229 e. The summed E-state index contributed by atoms with van der Waals surface area (Å²) >= 11 is 0. The first kappa shape index (κ1) is 23.2. The molecular formula is C28H37N5. The van der Waals surface area contributed by atoms with Crippen LogP contribution in [0.25, 0.3) is 0 Å². The Bertz CT molecular complexity index is 1050. The molecule has 1 aromatic heterocycles. The smallest absolute Gasteiger partial charge is 0.229 e. The highest BCUT2D eigenvalue weighted by Crippen LogP contribution is 2.28. The van der Waals surface area contributed by atoms with Crippen LogP contribution in [0.5, 0.6) is 0 Å². The highest BCUT2D eigenvalue weighted by molar-refractivity contribution is 5.65. The fraction of sp³-hybridized carbons (Fsp3) is 0.429. The Morgan fingerprint density at radius 3 is 2.48 bits per heavy atom. The Hall–Kier alpha value is -2.92. The third kappa shape index (κ3) is 5.91. The molecule has 0 bridgehead atoms. The van der Waals surface area contributed by atoms with Gasteiger partial charge in [-0.25, -0.2) is 4.98 Å². The number of likely N-dealkylation sites (tertiary alicyclic amines) is 1. The Labute approximate surface area is 198 Å². The molecule has 4 rings (SSSR count). The van der Waals surface area contributed by atoms with E-state index in [1.165, 1.54) is 55.6 Å². The van der Waals surface area contributed by atoms with Gasteiger partial charge in [-0.3, -0.25) is 0 Å². The van der Waals surface area contributed by atoms with E-state index in [1.54, 1.807) is 0 Å². The molecule has 0 radical (unpaired) electrons. The predicted octanol–water partition coefficient (Wildman–Crippen LogP) is 6.20. The van der Waals surface area contributed by atoms with Crippen molar-refractivity contribution < 1.29 is 0 Å². The molecule has 1 saturated heterocycles. The van der Waals surface area contributed by atoms with Crippen LogP contribution < -0.4 is 10.2 Å². The number of rotatable bonds is 9. The van der Waals surface area contributed by atoms with Crippen molar-refractivity contribution in [3.63, 3.8) is 0 Å². The van der Waals surface area contributed by atoms with E-state index in [0.717, 1.165) is 35.6 Å². The second-order valence-corrected chi connectivity index (χ2v) is 9.20. The van der Waals surface area contributed by atoms with E-state index >= 15 is 0 Å². The van der Waals surface area contributed by atoms with Crippen LogP contribution in [0.1, 0.15) is 48.4 Å². The lowest BCUT2D eigenvalue weighted by Crippen LogP contribution is -2.20. The molecule has 1 aliphatic heterocycles. The van der Waals surface area contributed by atoms with Crippen molar-refractivity contribution in [1.82, 2.24) is 14.9 Å². The number of benzene rings is 2. The van der Waals surface area contributed by atoms with E-state index in [9.17, 15) is 0 Å². The lowest BCUT2D eigenvalue weighted by atomic mass is 10.1. The number of nitrogens with one attached hydrogen (secondary N) is 1. The molecule has 0 amide bonds. The van der Waals surface area contributed by atoms with Crippen LogP contribution in [0, 0.1) is 13.8 Å². The third-order valence-corrected chi connectivity index (χ3v) is 6.71. The first-order valence-electron chi connectivity index (χ1n) is 12.3. The van der Waals surface area contributed by atoms with Crippen molar-refractivity contribution in [3.05, 3.63) is 70.9 Å². The lowest BCUT2D eigenvalue weighted by molar-refractivity contribution is 0.334. The van der Waals surface area contributed by atoms with Crippen molar-refractivity contribution in [1.29, 1.82) is 0 Å². The number of hydrogen-bond donors (Lipinski definition) is 1. The summed E-state index contributed by atoms with van der Waals surface area (Å²) in [4.78, 5) is 14.1. The largest absolute Gasteiger partial charge is 0.329 e. The molecule has 1 fully saturated rings. The van der Waals surface area contributed by atoms with Crippen LogP contribution in [0.4, 0.5) is 23.1 Å². The van der Waals surface area contributed by atoms with E-state index in [0.29, 0.717) is 5.95 Å². The molecule has 5 heteroatoms. The first-order chi connectivity index (χ1) is 16.0. The number of nitrogens with zero attached hydrogens (tertiary/aromatic N) is 4. The average molecular weight is 444 g/mol. The molecule has 0 unspecified atom stereocenters. The maximum atomic E-state index is 4.84. The fourth-order valence-corrected chi connectivity index (χ4v) is 4.60. The Balaban J connectivity index is 1.41. The molecule has 1 aliphatic rings. The van der Waals surface area contributed by atoms with Gasteiger partial charge in [0.25, 0.3) is 0 Å². The van der Waals surface area contributed by atoms with Crippen LogP contribution in [0.3, 0.4) is 0 Å². The highest BCUT2D eigenvalue weighted by Gasteiger charge is 2.13. The molecule has 2 heterocycles. The van der Waals surface area contributed by atoms with Crippen LogP contribution >= 0.6 is 0 Å². The Morgan fingerprint density at radius 2 is 1.76 bits per heavy atom. The molecule has 33 heavy (non-hydrogen) atoms. The number of anilines is 4. The van der Waals surface area contributed by atoms with E-state index in [4.69, 9.17) is 4.98 Å². The summed E-state index contributed by atoms with van der Waals surface area (Å²) in [6.45, 7) is 10.2. The molecule has 2 aromatic carbocycles. The molecule has 0 saturated carbocycles. The molecular weight excluding hydrogens is 406 g/mol. The van der Waals surface area contributed by atoms with Crippen molar-refractivity contribution >= 4 is 23.1 Å². The summed E-state index contributed by atoms with van der Waals surface area (Å²) in [6.07, 6.45) is 8.00. The molecule has 3 aromatic rings. The minimum Gasteiger partial charge on any atom is -0.329 e. The first-order valence-corrected chi connectivity index (χ1v) is 12.3. The van der Waals surface area contributed by atoms with Gasteiger partial charge >= 0.3 is 0 Å². The second-order valence-electron chi connectivity index (χ2n) is 9.20. The SMILES string of the molecule is CCc1cc(N(C)c2nc(Nc3ccc(CCCN4CCCC4)cc3)ncc2C)ccc1C. The number of aryl methyl sites for hydroxylation is 4. The summed E-state index contributed by atoms with van der Waals surface area (Å²) in [5.74, 6) is 1.53. The zero-order chi connectivity index (χ0) is 23.2. The van der Waals surface area contributed by atoms with Gasteiger partial charge in [0.1, 0.15) is 5.82 Å². The predicted molar refractivity (Wildman–Crippen MR) is 139 cm³/mol. The van der Waals surface area contributed by atoms with Gasteiger partial charge in [0.05, 0.1) is 0 Å². The molecule has 0 atom stereocenters. The topological polar surface area (TPSA) is 44.3 Å². The van der Waals surface area contributed by atoms with E-state index in [-0.39, 0.29) is 0 Å². The van der Waals surface area contributed by atoms with Crippen LogP contribution in [-0.4, -0.2) is 41.5 Å². The van der Waals surface area contributed by atoms with E-state index in [2.05, 4.69) is 90.4 Å². The van der Waals surface area contributed by atoms with Gasteiger partial charge in [0.15, 0.2) is 0 Å². The monoisotopic (exact) mass is 443 g/mol. The van der Waals surface area contributed by atoms with Crippen molar-refractivity contribution in [2.24, 2.45) is 0 Å². The quantitative estimate of drug-likeness (QED) is 0.427. The normalized spacial score (nSPS) is 13.9. The zero-order valence-corrected chi connectivity index (χ0v) is 20.6. The Kier molecular flexibility index (Phi) is 7.61. The van der Waals surface area contributed by atoms with E-state index in [1.807, 2.05) is 6.20 Å². The summed E-state index contributed by atoms with van der Waals surface area (Å²) in [7, 11) is 2.07. The minimum absolute atomic E-state index is 0.618. The van der Waals surface area contributed by atoms with Gasteiger partial charge in [0, 0.05) is 30.2 Å². The molecule has 5 nitrogen and oxygen atoms in total. The molecule has 0 spiro atoms. The van der Waals surface area contributed by atoms with Gasteiger partial charge in [-0.15, -0.1) is 0 Å². The zero-order valence-electron chi connectivity index (χ0n) is 20.6. The summed E-state index contributed by atoms with van der Waals surface area (Å²) < 4.78 is 0.